The molecule has 0 radical (unpaired) electrons. The van der Waals surface area contributed by atoms with Crippen LogP contribution in [0.5, 0.6) is 0 Å². The van der Waals surface area contributed by atoms with E-state index in [1.807, 2.05) is 16.9 Å². The monoisotopic (exact) mass is 338 g/mol. The van der Waals surface area contributed by atoms with Crippen LogP contribution < -0.4 is 5.32 Å². The first kappa shape index (κ1) is 15.1. The Morgan fingerprint density at radius 1 is 1.21 bits per heavy atom. The Morgan fingerprint density at radius 2 is 2.12 bits per heavy atom. The second-order valence-corrected chi connectivity index (χ2v) is 6.69. The summed E-state index contributed by atoms with van der Waals surface area (Å²) in [6.07, 6.45) is 7.31. The van der Waals surface area contributed by atoms with Gasteiger partial charge in [0.2, 0.25) is 0 Å². The molecule has 7 heteroatoms. The lowest BCUT2D eigenvalue weighted by Gasteiger charge is -2.23. The topological polar surface area (TPSA) is 68.5 Å². The van der Waals surface area contributed by atoms with Crippen LogP contribution >= 0.6 is 11.8 Å². The predicted octanol–water partition coefficient (Wildman–Crippen LogP) is 3.31. The molecule has 1 aliphatic heterocycles. The van der Waals surface area contributed by atoms with Crippen molar-refractivity contribution < 1.29 is 0 Å². The maximum Gasteiger partial charge on any atom is 0.149 e. The number of benzene rings is 1. The van der Waals surface area contributed by atoms with Crippen molar-refractivity contribution in [2.45, 2.75) is 36.2 Å². The van der Waals surface area contributed by atoms with Gasteiger partial charge in [-0.2, -0.15) is 5.10 Å². The summed E-state index contributed by atoms with van der Waals surface area (Å²) in [5.41, 5.74) is 1.28. The van der Waals surface area contributed by atoms with Crippen LogP contribution in [0.4, 0.5) is 5.82 Å². The summed E-state index contributed by atoms with van der Waals surface area (Å²) in [7, 11) is 0. The number of thioether (sulfide) groups is 1. The van der Waals surface area contributed by atoms with E-state index in [0.29, 0.717) is 0 Å². The maximum absolute atomic E-state index is 4.67. The average Bonchev–Trinajstić information content (AvgIpc) is 3.11. The van der Waals surface area contributed by atoms with E-state index in [0.717, 1.165) is 41.8 Å². The zero-order valence-corrected chi connectivity index (χ0v) is 14.0. The van der Waals surface area contributed by atoms with Crippen molar-refractivity contribution in [2.75, 3.05) is 5.32 Å². The van der Waals surface area contributed by atoms with E-state index in [9.17, 15) is 0 Å². The molecule has 0 bridgehead atoms. The minimum absolute atomic E-state index is 0.143. The van der Waals surface area contributed by atoms with Crippen molar-refractivity contribution in [1.82, 2.24) is 24.7 Å². The van der Waals surface area contributed by atoms with Gasteiger partial charge in [-0.15, -0.1) is 11.8 Å². The summed E-state index contributed by atoms with van der Waals surface area (Å²) in [5, 5.41) is 8.62. The molecular weight excluding hydrogens is 320 g/mol. The molecule has 1 aromatic carbocycles. The highest BCUT2D eigenvalue weighted by Gasteiger charge is 2.22. The predicted molar refractivity (Wildman–Crippen MR) is 93.7 cm³/mol. The maximum atomic E-state index is 4.67. The molecule has 6 nitrogen and oxygen atoms in total. The van der Waals surface area contributed by atoms with Crippen LogP contribution in [-0.2, 0) is 12.3 Å². The van der Waals surface area contributed by atoms with Crippen LogP contribution in [0.3, 0.4) is 0 Å². The summed E-state index contributed by atoms with van der Waals surface area (Å²) >= 11 is 1.69. The summed E-state index contributed by atoms with van der Waals surface area (Å²) < 4.78 is 1.96. The van der Waals surface area contributed by atoms with Crippen LogP contribution in [0, 0.1) is 0 Å². The highest BCUT2D eigenvalue weighted by atomic mass is 32.2. The van der Waals surface area contributed by atoms with Crippen LogP contribution in [0.15, 0.2) is 54.1 Å². The second kappa shape index (κ2) is 7.00. The van der Waals surface area contributed by atoms with Gasteiger partial charge >= 0.3 is 0 Å². The number of rotatable bonds is 5. The molecule has 0 fully saturated rings. The van der Waals surface area contributed by atoms with Crippen molar-refractivity contribution in [2.24, 2.45) is 0 Å². The van der Waals surface area contributed by atoms with Gasteiger partial charge in [-0.05, 0) is 18.4 Å². The first-order valence-electron chi connectivity index (χ1n) is 8.01. The molecular formula is C17H18N6S. The molecule has 0 unspecified atom stereocenters. The highest BCUT2D eigenvalue weighted by Crippen LogP contribution is 2.27. The van der Waals surface area contributed by atoms with E-state index in [1.165, 1.54) is 5.56 Å². The van der Waals surface area contributed by atoms with Gasteiger partial charge in [0.15, 0.2) is 0 Å². The molecule has 1 N–H and O–H groups in total. The number of hydrogen-bond donors (Lipinski definition) is 1. The fraction of sp³-hybridized carbons (Fsp3) is 0.294. The number of nitrogens with zero attached hydrogens (tertiary/aromatic N) is 5. The van der Waals surface area contributed by atoms with Crippen molar-refractivity contribution in [3.8, 4) is 0 Å². The number of nitrogens with one attached hydrogen (secondary N) is 1. The van der Waals surface area contributed by atoms with Gasteiger partial charge in [0, 0.05) is 12.3 Å². The Bertz CT molecular complexity index is 804. The van der Waals surface area contributed by atoms with Gasteiger partial charge in [-0.3, -0.25) is 4.98 Å². The molecule has 2 aromatic heterocycles. The molecule has 4 rings (SSSR count). The fourth-order valence-electron chi connectivity index (χ4n) is 2.82. The molecule has 0 saturated heterocycles. The van der Waals surface area contributed by atoms with Gasteiger partial charge in [-0.25, -0.2) is 14.6 Å². The van der Waals surface area contributed by atoms with Gasteiger partial charge in [0.25, 0.3) is 0 Å². The fourth-order valence-corrected chi connectivity index (χ4v) is 3.63. The van der Waals surface area contributed by atoms with Crippen molar-refractivity contribution in [3.05, 3.63) is 60.4 Å². The number of hydrogen-bond acceptors (Lipinski definition) is 6. The summed E-state index contributed by atoms with van der Waals surface area (Å²) in [4.78, 5) is 13.4. The van der Waals surface area contributed by atoms with Crippen LogP contribution in [0.1, 0.15) is 30.3 Å². The number of aromatic nitrogens is 5. The largest absolute Gasteiger partial charge is 0.359 e. The zero-order chi connectivity index (χ0) is 16.2. The van der Waals surface area contributed by atoms with Crippen LogP contribution in [-0.4, -0.2) is 24.7 Å². The molecule has 3 aromatic rings. The van der Waals surface area contributed by atoms with E-state index in [4.69, 9.17) is 0 Å². The molecule has 1 atom stereocenters. The summed E-state index contributed by atoms with van der Waals surface area (Å²) in [5.74, 6) is 2.65. The Balaban J connectivity index is 1.44. The third-order valence-electron chi connectivity index (χ3n) is 3.98. The SMILES string of the molecule is c1ccc(CSc2cncc(N[C@@H]3CCCn4ncnc43)n2)cc1. The van der Waals surface area contributed by atoms with Gasteiger partial charge in [0.05, 0.1) is 18.4 Å². The second-order valence-electron chi connectivity index (χ2n) is 5.70. The van der Waals surface area contributed by atoms with Gasteiger partial charge in [-0.1, -0.05) is 30.3 Å². The quantitative estimate of drug-likeness (QED) is 0.720. The molecule has 0 saturated carbocycles. The molecule has 0 amide bonds. The molecule has 1 aliphatic rings. The molecule has 122 valence electrons. The lowest BCUT2D eigenvalue weighted by Crippen LogP contribution is -2.23. The smallest absolute Gasteiger partial charge is 0.149 e. The minimum atomic E-state index is 0.143. The van der Waals surface area contributed by atoms with Gasteiger partial charge in [0.1, 0.15) is 23.0 Å². The van der Waals surface area contributed by atoms with E-state index in [-0.39, 0.29) is 6.04 Å². The third-order valence-corrected chi connectivity index (χ3v) is 4.95. The van der Waals surface area contributed by atoms with E-state index in [1.54, 1.807) is 24.3 Å². The average molecular weight is 338 g/mol. The third kappa shape index (κ3) is 3.41. The zero-order valence-electron chi connectivity index (χ0n) is 13.2. The lowest BCUT2D eigenvalue weighted by molar-refractivity contribution is 0.437. The van der Waals surface area contributed by atoms with E-state index in [2.05, 4.69) is 49.6 Å². The first-order chi connectivity index (χ1) is 11.9. The van der Waals surface area contributed by atoms with Crippen LogP contribution in [0.2, 0.25) is 0 Å². The van der Waals surface area contributed by atoms with Crippen molar-refractivity contribution in [3.63, 3.8) is 0 Å². The Hall–Kier alpha value is -2.41. The first-order valence-corrected chi connectivity index (χ1v) is 9.00. The van der Waals surface area contributed by atoms with Gasteiger partial charge < -0.3 is 5.32 Å². The Morgan fingerprint density at radius 3 is 3.04 bits per heavy atom. The highest BCUT2D eigenvalue weighted by molar-refractivity contribution is 7.98. The minimum Gasteiger partial charge on any atom is -0.359 e. The lowest BCUT2D eigenvalue weighted by atomic mass is 10.1. The van der Waals surface area contributed by atoms with Crippen molar-refractivity contribution in [1.29, 1.82) is 0 Å². The number of aryl methyl sites for hydroxylation is 1. The number of anilines is 1. The van der Waals surface area contributed by atoms with Crippen LogP contribution in [0.25, 0.3) is 0 Å². The molecule has 3 heterocycles. The Labute approximate surface area is 144 Å². The summed E-state index contributed by atoms with van der Waals surface area (Å²) in [6, 6.07) is 10.5. The molecule has 0 spiro atoms. The van der Waals surface area contributed by atoms with E-state index >= 15 is 0 Å². The van der Waals surface area contributed by atoms with Crippen molar-refractivity contribution >= 4 is 17.6 Å². The number of fused-ring (bicyclic) bond motifs is 1. The molecule has 0 aliphatic carbocycles. The van der Waals surface area contributed by atoms with E-state index < -0.39 is 0 Å². The molecule has 24 heavy (non-hydrogen) atoms. The standard InChI is InChI=1S/C17H18N6S/c1-2-5-13(6-3-1)11-24-16-10-18-9-15(22-16)21-14-7-4-8-23-17(14)19-12-20-23/h1-3,5-6,9-10,12,14H,4,7-8,11H2,(H,21,22)/t14-/m1/s1. The summed E-state index contributed by atoms with van der Waals surface area (Å²) in [6.45, 7) is 0.937. The Kier molecular flexibility index (Phi) is 4.42. The normalized spacial score (nSPS) is 16.6.